The van der Waals surface area contributed by atoms with Crippen LogP contribution in [0.5, 0.6) is 0 Å². The molecule has 2 aromatic rings. The standard InChI is InChI=1S/C21H30N4O2/c1-5-25-20-8-9-24(11-18(20)19(13-26)23-25)12-21(27)22-16(4)17-10-14(2)6-7-15(17)3/h6-7,10,16,26H,5,8-9,11-13H2,1-4H3,(H,22,27)/t16-/m0/s1. The van der Waals surface area contributed by atoms with Crippen LogP contribution in [0.4, 0.5) is 0 Å². The molecule has 0 saturated heterocycles. The van der Waals surface area contributed by atoms with Crippen LogP contribution in [0.3, 0.4) is 0 Å². The fourth-order valence-corrected chi connectivity index (χ4v) is 3.94. The molecular formula is C21H30N4O2. The van der Waals surface area contributed by atoms with Crippen LogP contribution in [0, 0.1) is 13.8 Å². The van der Waals surface area contributed by atoms with Gasteiger partial charge in [0, 0.05) is 37.3 Å². The second-order valence-corrected chi connectivity index (χ2v) is 7.46. The van der Waals surface area contributed by atoms with Gasteiger partial charge in [-0.25, -0.2) is 0 Å². The van der Waals surface area contributed by atoms with Crippen molar-refractivity contribution in [2.24, 2.45) is 0 Å². The van der Waals surface area contributed by atoms with Gasteiger partial charge in [0.2, 0.25) is 5.91 Å². The Morgan fingerprint density at radius 1 is 1.37 bits per heavy atom. The van der Waals surface area contributed by atoms with Crippen LogP contribution in [-0.2, 0) is 30.9 Å². The predicted molar refractivity (Wildman–Crippen MR) is 105 cm³/mol. The second-order valence-electron chi connectivity index (χ2n) is 7.46. The Morgan fingerprint density at radius 3 is 2.85 bits per heavy atom. The number of carbonyl (C=O) groups is 1. The Labute approximate surface area is 161 Å². The average Bonchev–Trinajstić information content (AvgIpc) is 3.00. The second kappa shape index (κ2) is 8.23. The summed E-state index contributed by atoms with van der Waals surface area (Å²) in [7, 11) is 0. The zero-order valence-electron chi connectivity index (χ0n) is 16.7. The van der Waals surface area contributed by atoms with Gasteiger partial charge in [-0.15, -0.1) is 0 Å². The summed E-state index contributed by atoms with van der Waals surface area (Å²) < 4.78 is 1.97. The van der Waals surface area contributed by atoms with E-state index in [-0.39, 0.29) is 18.6 Å². The Hall–Kier alpha value is -2.18. The molecule has 0 radical (unpaired) electrons. The number of aliphatic hydroxyl groups is 1. The fraction of sp³-hybridized carbons (Fsp3) is 0.524. The first-order valence-electron chi connectivity index (χ1n) is 9.70. The van der Waals surface area contributed by atoms with Crippen LogP contribution in [0.15, 0.2) is 18.2 Å². The highest BCUT2D eigenvalue weighted by atomic mass is 16.3. The zero-order valence-corrected chi connectivity index (χ0v) is 16.7. The predicted octanol–water partition coefficient (Wildman–Crippen LogP) is 2.25. The third-order valence-corrected chi connectivity index (χ3v) is 5.39. The van der Waals surface area contributed by atoms with E-state index in [2.05, 4.69) is 54.3 Å². The number of nitrogens with zero attached hydrogens (tertiary/aromatic N) is 3. The van der Waals surface area contributed by atoms with E-state index >= 15 is 0 Å². The molecule has 0 fully saturated rings. The molecule has 0 saturated carbocycles. The molecule has 1 amide bonds. The van der Waals surface area contributed by atoms with Gasteiger partial charge < -0.3 is 10.4 Å². The topological polar surface area (TPSA) is 70.4 Å². The highest BCUT2D eigenvalue weighted by molar-refractivity contribution is 5.78. The first-order chi connectivity index (χ1) is 12.9. The number of amides is 1. The Morgan fingerprint density at radius 2 is 2.15 bits per heavy atom. The van der Waals surface area contributed by atoms with Crippen molar-refractivity contribution in [2.45, 2.75) is 59.9 Å². The van der Waals surface area contributed by atoms with Crippen LogP contribution in [0.25, 0.3) is 0 Å². The molecule has 6 nitrogen and oxygen atoms in total. The quantitative estimate of drug-likeness (QED) is 0.818. The third-order valence-electron chi connectivity index (χ3n) is 5.39. The number of hydrogen-bond donors (Lipinski definition) is 2. The summed E-state index contributed by atoms with van der Waals surface area (Å²) in [6.07, 6.45) is 0.857. The molecule has 27 heavy (non-hydrogen) atoms. The minimum atomic E-state index is -0.0565. The summed E-state index contributed by atoms with van der Waals surface area (Å²) >= 11 is 0. The summed E-state index contributed by atoms with van der Waals surface area (Å²) in [4.78, 5) is 14.7. The van der Waals surface area contributed by atoms with E-state index in [1.807, 2.05) is 11.6 Å². The van der Waals surface area contributed by atoms with Gasteiger partial charge in [-0.2, -0.15) is 5.10 Å². The number of fused-ring (bicyclic) bond motifs is 1. The molecule has 0 unspecified atom stereocenters. The van der Waals surface area contributed by atoms with Gasteiger partial charge >= 0.3 is 0 Å². The lowest BCUT2D eigenvalue weighted by Gasteiger charge is -2.28. The molecule has 2 heterocycles. The molecule has 1 aromatic heterocycles. The maximum atomic E-state index is 12.6. The molecular weight excluding hydrogens is 340 g/mol. The van der Waals surface area contributed by atoms with Gasteiger partial charge in [0.1, 0.15) is 0 Å². The van der Waals surface area contributed by atoms with Crippen LogP contribution in [0.1, 0.15) is 53.5 Å². The fourth-order valence-electron chi connectivity index (χ4n) is 3.94. The molecule has 6 heteroatoms. The number of aromatic nitrogens is 2. The summed E-state index contributed by atoms with van der Waals surface area (Å²) in [6, 6.07) is 6.31. The number of carbonyl (C=O) groups excluding carboxylic acids is 1. The first-order valence-corrected chi connectivity index (χ1v) is 9.70. The lowest BCUT2D eigenvalue weighted by atomic mass is 10.00. The number of rotatable bonds is 6. The van der Waals surface area contributed by atoms with Crippen LogP contribution in [-0.4, -0.2) is 38.8 Å². The molecule has 2 N–H and O–H groups in total. The first kappa shape index (κ1) is 19.6. The van der Waals surface area contributed by atoms with Gasteiger partial charge in [-0.1, -0.05) is 23.8 Å². The summed E-state index contributed by atoms with van der Waals surface area (Å²) in [5.41, 5.74) is 6.57. The van der Waals surface area contributed by atoms with Gasteiger partial charge in [0.25, 0.3) is 0 Å². The minimum Gasteiger partial charge on any atom is -0.390 e. The van der Waals surface area contributed by atoms with Crippen molar-refractivity contribution in [1.29, 1.82) is 0 Å². The van der Waals surface area contributed by atoms with Crippen LogP contribution < -0.4 is 5.32 Å². The molecule has 0 bridgehead atoms. The van der Waals surface area contributed by atoms with Crippen molar-refractivity contribution in [3.8, 4) is 0 Å². The summed E-state index contributed by atoms with van der Waals surface area (Å²) in [5, 5.41) is 17.2. The van der Waals surface area contributed by atoms with Crippen molar-refractivity contribution in [3.05, 3.63) is 51.8 Å². The normalized spacial score (nSPS) is 15.4. The molecule has 146 valence electrons. The third kappa shape index (κ3) is 4.22. The van der Waals surface area contributed by atoms with E-state index in [1.165, 1.54) is 16.8 Å². The molecule has 1 aliphatic heterocycles. The minimum absolute atomic E-state index is 0.0198. The molecule has 0 aliphatic carbocycles. The van der Waals surface area contributed by atoms with E-state index in [1.54, 1.807) is 0 Å². The molecule has 0 spiro atoms. The van der Waals surface area contributed by atoms with E-state index < -0.39 is 0 Å². The van der Waals surface area contributed by atoms with Crippen molar-refractivity contribution in [3.63, 3.8) is 0 Å². The Balaban J connectivity index is 1.64. The maximum absolute atomic E-state index is 12.6. The zero-order chi connectivity index (χ0) is 19.6. The van der Waals surface area contributed by atoms with E-state index in [0.717, 1.165) is 36.3 Å². The van der Waals surface area contributed by atoms with Crippen molar-refractivity contribution < 1.29 is 9.90 Å². The van der Waals surface area contributed by atoms with Crippen molar-refractivity contribution in [1.82, 2.24) is 20.0 Å². The number of aryl methyl sites for hydroxylation is 3. The monoisotopic (exact) mass is 370 g/mol. The van der Waals surface area contributed by atoms with Gasteiger partial charge in [0.15, 0.2) is 0 Å². The van der Waals surface area contributed by atoms with E-state index in [9.17, 15) is 9.90 Å². The van der Waals surface area contributed by atoms with Crippen LogP contribution in [0.2, 0.25) is 0 Å². The van der Waals surface area contributed by atoms with E-state index in [4.69, 9.17) is 0 Å². The van der Waals surface area contributed by atoms with Crippen molar-refractivity contribution in [2.75, 3.05) is 13.1 Å². The molecule has 1 atom stereocenters. The highest BCUT2D eigenvalue weighted by Crippen LogP contribution is 2.23. The number of aliphatic hydroxyl groups excluding tert-OH is 1. The molecule has 3 rings (SSSR count). The highest BCUT2D eigenvalue weighted by Gasteiger charge is 2.25. The summed E-state index contributed by atoms with van der Waals surface area (Å²) in [5.74, 6) is 0.0280. The average molecular weight is 370 g/mol. The molecule has 1 aromatic carbocycles. The van der Waals surface area contributed by atoms with Gasteiger partial charge in [0.05, 0.1) is 24.9 Å². The SMILES string of the molecule is CCn1nc(CO)c2c1CCN(CC(=O)N[C@@H](C)c1cc(C)ccc1C)C2. The van der Waals surface area contributed by atoms with E-state index in [0.29, 0.717) is 13.1 Å². The number of benzene rings is 1. The maximum Gasteiger partial charge on any atom is 0.234 e. The number of hydrogen-bond acceptors (Lipinski definition) is 4. The summed E-state index contributed by atoms with van der Waals surface area (Å²) in [6.45, 7) is 10.8. The van der Waals surface area contributed by atoms with Gasteiger partial charge in [-0.3, -0.25) is 14.4 Å². The Kier molecular flexibility index (Phi) is 5.97. The Bertz CT molecular complexity index is 828. The lowest BCUT2D eigenvalue weighted by Crippen LogP contribution is -2.41. The number of nitrogens with one attached hydrogen (secondary N) is 1. The van der Waals surface area contributed by atoms with Crippen LogP contribution >= 0.6 is 0 Å². The molecule has 1 aliphatic rings. The van der Waals surface area contributed by atoms with Gasteiger partial charge in [-0.05, 0) is 38.8 Å². The lowest BCUT2D eigenvalue weighted by molar-refractivity contribution is -0.123. The van der Waals surface area contributed by atoms with Crippen molar-refractivity contribution >= 4 is 5.91 Å². The smallest absolute Gasteiger partial charge is 0.234 e. The largest absolute Gasteiger partial charge is 0.390 e.